The first-order valence-electron chi connectivity index (χ1n) is 18.4. The third kappa shape index (κ3) is 6.82. The first kappa shape index (κ1) is 34.1. The summed E-state index contributed by atoms with van der Waals surface area (Å²) in [6, 6.07) is 74.5. The van der Waals surface area contributed by atoms with Gasteiger partial charge in [0.05, 0.1) is 0 Å². The fourth-order valence-corrected chi connectivity index (χ4v) is 9.72. The van der Waals surface area contributed by atoms with Crippen LogP contribution < -0.4 is 0 Å². The zero-order chi connectivity index (χ0) is 36.8. The molecule has 3 nitrogen and oxygen atoms in total. The summed E-state index contributed by atoms with van der Waals surface area (Å²) in [7, 11) is 0. The molecule has 0 aliphatic rings. The van der Waals surface area contributed by atoms with E-state index in [1.807, 2.05) is 42.5 Å². The van der Waals surface area contributed by atoms with Crippen LogP contribution in [0.4, 0.5) is 0 Å². The number of hydrogen-bond donors (Lipinski definition) is 0. The maximum absolute atomic E-state index is 4.96. The van der Waals surface area contributed by atoms with Crippen LogP contribution in [0.3, 0.4) is 0 Å². The normalized spacial score (nSPS) is 10.9. The molecule has 10 aromatic rings. The SMILES string of the molecule is c1ccc(-c2ccccc2-c2c(-c3ccccc3)nnnc2-c2ccc3[se]c4ccccc4c3c2-c2ccccc2-c2ccccc2)cc1.c1ccccc1. The molecule has 8 aromatic carbocycles. The molecule has 0 radical (unpaired) electrons. The average molecular weight is 769 g/mol. The Morgan fingerprint density at radius 1 is 0.291 bits per heavy atom. The molecule has 0 saturated heterocycles. The van der Waals surface area contributed by atoms with Crippen molar-refractivity contribution in [1.29, 1.82) is 0 Å². The predicted octanol–water partition coefficient (Wildman–Crippen LogP) is 12.9. The van der Waals surface area contributed by atoms with E-state index in [1.165, 1.54) is 41.5 Å². The van der Waals surface area contributed by atoms with Gasteiger partial charge in [0.15, 0.2) is 0 Å². The molecule has 0 fully saturated rings. The molecule has 0 aliphatic carbocycles. The van der Waals surface area contributed by atoms with Crippen LogP contribution in [0.5, 0.6) is 0 Å². The summed E-state index contributed by atoms with van der Waals surface area (Å²) >= 11 is 0.197. The number of hydrogen-bond acceptors (Lipinski definition) is 3. The van der Waals surface area contributed by atoms with E-state index in [1.54, 1.807) is 0 Å². The van der Waals surface area contributed by atoms with Crippen molar-refractivity contribution in [3.63, 3.8) is 0 Å². The van der Waals surface area contributed by atoms with Crippen molar-refractivity contribution in [2.24, 2.45) is 0 Å². The first-order chi connectivity index (χ1) is 27.3. The fraction of sp³-hybridized carbons (Fsp3) is 0. The van der Waals surface area contributed by atoms with Crippen LogP contribution in [0.15, 0.2) is 212 Å². The van der Waals surface area contributed by atoms with E-state index in [0.29, 0.717) is 0 Å². The zero-order valence-electron chi connectivity index (χ0n) is 30.0. The van der Waals surface area contributed by atoms with Crippen LogP contribution in [0.2, 0.25) is 0 Å². The van der Waals surface area contributed by atoms with Crippen molar-refractivity contribution in [3.05, 3.63) is 212 Å². The van der Waals surface area contributed by atoms with E-state index >= 15 is 0 Å². The quantitative estimate of drug-likeness (QED) is 0.158. The van der Waals surface area contributed by atoms with Gasteiger partial charge in [-0.1, -0.05) is 36.4 Å². The van der Waals surface area contributed by atoms with Crippen molar-refractivity contribution in [3.8, 4) is 67.0 Å². The Labute approximate surface area is 327 Å². The minimum absolute atomic E-state index is 0.197. The molecule has 2 heterocycles. The van der Waals surface area contributed by atoms with Gasteiger partial charge < -0.3 is 0 Å². The number of aromatic nitrogens is 3. The Morgan fingerprint density at radius 2 is 0.727 bits per heavy atom. The van der Waals surface area contributed by atoms with Gasteiger partial charge in [-0.2, -0.15) is 0 Å². The molecule has 4 heteroatoms. The zero-order valence-corrected chi connectivity index (χ0v) is 31.7. The third-order valence-corrected chi connectivity index (χ3v) is 12.2. The van der Waals surface area contributed by atoms with E-state index in [-0.39, 0.29) is 14.5 Å². The van der Waals surface area contributed by atoms with Crippen molar-refractivity contribution in [2.75, 3.05) is 0 Å². The van der Waals surface area contributed by atoms with Crippen LogP contribution in [0.1, 0.15) is 0 Å². The van der Waals surface area contributed by atoms with Crippen molar-refractivity contribution in [2.45, 2.75) is 0 Å². The van der Waals surface area contributed by atoms with Gasteiger partial charge in [0.1, 0.15) is 0 Å². The number of rotatable bonds is 6. The molecule has 55 heavy (non-hydrogen) atoms. The monoisotopic (exact) mass is 769 g/mol. The number of nitrogens with zero attached hydrogens (tertiary/aromatic N) is 3. The summed E-state index contributed by atoms with van der Waals surface area (Å²) in [6.07, 6.45) is 0. The maximum atomic E-state index is 4.96. The van der Waals surface area contributed by atoms with Gasteiger partial charge in [0.25, 0.3) is 0 Å². The van der Waals surface area contributed by atoms with Crippen molar-refractivity contribution >= 4 is 33.8 Å². The van der Waals surface area contributed by atoms with Crippen LogP contribution >= 0.6 is 0 Å². The van der Waals surface area contributed by atoms with E-state index in [0.717, 1.165) is 44.8 Å². The molecule has 0 saturated carbocycles. The van der Waals surface area contributed by atoms with Crippen LogP contribution in [0.25, 0.3) is 86.3 Å². The molecule has 0 bridgehead atoms. The maximum Gasteiger partial charge on any atom is -0.0623 e. The molecule has 0 aliphatic heterocycles. The predicted molar refractivity (Wildman–Crippen MR) is 231 cm³/mol. The van der Waals surface area contributed by atoms with Gasteiger partial charge in [0, 0.05) is 0 Å². The van der Waals surface area contributed by atoms with Gasteiger partial charge in [-0.05, 0) is 0 Å². The van der Waals surface area contributed by atoms with Crippen LogP contribution in [-0.2, 0) is 0 Å². The molecule has 0 spiro atoms. The molecule has 260 valence electrons. The molecule has 0 atom stereocenters. The minimum Gasteiger partial charge on any atom is -0.0623 e. The van der Waals surface area contributed by atoms with Gasteiger partial charge in [-0.15, -0.1) is 0 Å². The van der Waals surface area contributed by atoms with Crippen LogP contribution in [0, 0.1) is 0 Å². The standard InChI is InChI=1S/C45H29N3Se.C6H6/c1-4-16-30(17-5-1)33-22-10-12-24-35(33)41-38(28-29-40-42(41)37-26-14-15-27-39(37)49-40)45-43(44(46-48-47-45)32-20-8-3-9-21-32)36-25-13-11-23-34(36)31-18-6-2-7-19-31;1-2-4-6-5-3-1/h1-29H;1-6H. The summed E-state index contributed by atoms with van der Waals surface area (Å²) < 4.78 is 2.79. The molecule has 0 N–H and O–H groups in total. The second-order valence-corrected chi connectivity index (χ2v) is 15.4. The summed E-state index contributed by atoms with van der Waals surface area (Å²) in [5, 5.41) is 16.8. The van der Waals surface area contributed by atoms with E-state index < -0.39 is 0 Å². The van der Waals surface area contributed by atoms with Gasteiger partial charge in [-0.3, -0.25) is 0 Å². The topological polar surface area (TPSA) is 38.7 Å². The molecular weight excluding hydrogens is 734 g/mol. The number of fused-ring (bicyclic) bond motifs is 3. The Hall–Kier alpha value is -6.71. The molecule has 0 unspecified atom stereocenters. The summed E-state index contributed by atoms with van der Waals surface area (Å²) in [4.78, 5) is 0. The molecule has 10 rings (SSSR count). The van der Waals surface area contributed by atoms with E-state index in [9.17, 15) is 0 Å². The molecule has 2 aromatic heterocycles. The van der Waals surface area contributed by atoms with Crippen LogP contribution in [-0.4, -0.2) is 29.9 Å². The Bertz CT molecular complexity index is 2830. The largest absolute Gasteiger partial charge is 0.0623 e. The van der Waals surface area contributed by atoms with Crippen molar-refractivity contribution < 1.29 is 0 Å². The van der Waals surface area contributed by atoms with Gasteiger partial charge in [-0.25, -0.2) is 0 Å². The average Bonchev–Trinajstić information content (AvgIpc) is 3.66. The van der Waals surface area contributed by atoms with E-state index in [2.05, 4.69) is 175 Å². The van der Waals surface area contributed by atoms with E-state index in [4.69, 9.17) is 10.2 Å². The smallest absolute Gasteiger partial charge is 0.0623 e. The van der Waals surface area contributed by atoms with Crippen molar-refractivity contribution in [1.82, 2.24) is 15.4 Å². The summed E-state index contributed by atoms with van der Waals surface area (Å²) in [5.74, 6) is 0. The second kappa shape index (κ2) is 15.7. The first-order valence-corrected chi connectivity index (χ1v) is 20.1. The molecular formula is C51H35N3Se. The third-order valence-electron chi connectivity index (χ3n) is 9.84. The van der Waals surface area contributed by atoms with Gasteiger partial charge in [0.2, 0.25) is 0 Å². The second-order valence-electron chi connectivity index (χ2n) is 13.2. The minimum atomic E-state index is 0.197. The Kier molecular flexibility index (Phi) is 9.74. The van der Waals surface area contributed by atoms with Gasteiger partial charge >= 0.3 is 292 Å². The fourth-order valence-electron chi connectivity index (χ4n) is 7.39. The number of benzene rings is 8. The Morgan fingerprint density at radius 3 is 1.31 bits per heavy atom. The molecule has 0 amide bonds. The summed E-state index contributed by atoms with van der Waals surface area (Å²) in [5.41, 5.74) is 12.7. The summed E-state index contributed by atoms with van der Waals surface area (Å²) in [6.45, 7) is 0. The Balaban J connectivity index is 0.000000606.